The average Bonchev–Trinajstić information content (AvgIpc) is 2.67. The lowest BCUT2D eigenvalue weighted by molar-refractivity contribution is -0.141. The first-order chi connectivity index (χ1) is 12.5. The summed E-state index contributed by atoms with van der Waals surface area (Å²) in [7, 11) is 0. The number of aryl methyl sites for hydroxylation is 1. The van der Waals surface area contributed by atoms with Gasteiger partial charge in [0.15, 0.2) is 0 Å². The van der Waals surface area contributed by atoms with Crippen LogP contribution in [-0.2, 0) is 16.1 Å². The number of aromatic nitrogens is 1. The Labute approximate surface area is 154 Å². The van der Waals surface area contributed by atoms with E-state index in [0.29, 0.717) is 26.1 Å². The van der Waals surface area contributed by atoms with Gasteiger partial charge in [0.05, 0.1) is 0 Å². The molecular formula is C20H29N3O3. The molecule has 2 saturated heterocycles. The number of carbonyl (C=O) groups is 2. The summed E-state index contributed by atoms with van der Waals surface area (Å²) in [5.74, 6) is 1.12. The predicted molar refractivity (Wildman–Crippen MR) is 99.6 cm³/mol. The number of carbonyl (C=O) groups excluding carboxylic acids is 2. The Hall–Kier alpha value is -2.11. The van der Waals surface area contributed by atoms with Gasteiger partial charge in [0.1, 0.15) is 0 Å². The summed E-state index contributed by atoms with van der Waals surface area (Å²) < 4.78 is 1.56. The van der Waals surface area contributed by atoms with E-state index in [4.69, 9.17) is 0 Å². The van der Waals surface area contributed by atoms with E-state index >= 15 is 0 Å². The van der Waals surface area contributed by atoms with Gasteiger partial charge in [-0.05, 0) is 37.7 Å². The van der Waals surface area contributed by atoms with E-state index in [1.165, 1.54) is 6.07 Å². The van der Waals surface area contributed by atoms with E-state index in [1.54, 1.807) is 22.9 Å². The summed E-state index contributed by atoms with van der Waals surface area (Å²) in [4.78, 5) is 40.6. The molecular weight excluding hydrogens is 330 g/mol. The first-order valence-electron chi connectivity index (χ1n) is 9.76. The highest BCUT2D eigenvalue weighted by Crippen LogP contribution is 2.23. The minimum Gasteiger partial charge on any atom is -0.343 e. The molecule has 6 nitrogen and oxygen atoms in total. The molecule has 26 heavy (non-hydrogen) atoms. The number of pyridine rings is 1. The number of piperidine rings is 2. The van der Waals surface area contributed by atoms with Gasteiger partial charge in [-0.25, -0.2) is 0 Å². The molecule has 2 amide bonds. The Kier molecular flexibility index (Phi) is 6.12. The highest BCUT2D eigenvalue weighted by molar-refractivity contribution is 5.80. The summed E-state index contributed by atoms with van der Waals surface area (Å²) in [6.07, 6.45) is 5.74. The topological polar surface area (TPSA) is 62.6 Å². The molecule has 2 fully saturated rings. The smallest absolute Gasteiger partial charge is 0.250 e. The fraction of sp³-hybridized carbons (Fsp3) is 0.650. The molecule has 0 aliphatic carbocycles. The van der Waals surface area contributed by atoms with Gasteiger partial charge in [0, 0.05) is 57.3 Å². The van der Waals surface area contributed by atoms with Gasteiger partial charge in [0.2, 0.25) is 11.8 Å². The van der Waals surface area contributed by atoms with Crippen molar-refractivity contribution in [1.82, 2.24) is 14.4 Å². The highest BCUT2D eigenvalue weighted by atomic mass is 16.2. The number of rotatable bonds is 4. The Balaban J connectivity index is 1.44. The molecule has 0 radical (unpaired) electrons. The van der Waals surface area contributed by atoms with Crippen LogP contribution in [0.5, 0.6) is 0 Å². The summed E-state index contributed by atoms with van der Waals surface area (Å²) in [6.45, 7) is 5.70. The Morgan fingerprint density at radius 1 is 1.00 bits per heavy atom. The molecule has 0 aromatic carbocycles. The van der Waals surface area contributed by atoms with Crippen molar-refractivity contribution in [2.45, 2.75) is 45.6 Å². The molecule has 2 aliphatic heterocycles. The van der Waals surface area contributed by atoms with Gasteiger partial charge in [-0.1, -0.05) is 13.0 Å². The van der Waals surface area contributed by atoms with Gasteiger partial charge < -0.3 is 14.4 Å². The van der Waals surface area contributed by atoms with E-state index in [-0.39, 0.29) is 23.3 Å². The van der Waals surface area contributed by atoms with Crippen LogP contribution in [0.3, 0.4) is 0 Å². The fourth-order valence-electron chi connectivity index (χ4n) is 3.88. The van der Waals surface area contributed by atoms with E-state index in [2.05, 4.69) is 6.92 Å². The van der Waals surface area contributed by atoms with Crippen molar-refractivity contribution in [3.05, 3.63) is 34.7 Å². The van der Waals surface area contributed by atoms with Crippen molar-refractivity contribution in [3.63, 3.8) is 0 Å². The molecule has 0 saturated carbocycles. The number of hydrogen-bond donors (Lipinski definition) is 0. The third-order valence-corrected chi connectivity index (χ3v) is 5.76. The van der Waals surface area contributed by atoms with Crippen LogP contribution in [0.1, 0.15) is 39.0 Å². The molecule has 6 heteroatoms. The van der Waals surface area contributed by atoms with Crippen LogP contribution in [0, 0.1) is 11.8 Å². The lowest BCUT2D eigenvalue weighted by atomic mass is 9.92. The van der Waals surface area contributed by atoms with E-state index < -0.39 is 0 Å². The monoisotopic (exact) mass is 359 g/mol. The normalized spacial score (nSPS) is 19.6. The van der Waals surface area contributed by atoms with Crippen molar-refractivity contribution in [2.24, 2.45) is 11.8 Å². The quantitative estimate of drug-likeness (QED) is 0.823. The zero-order chi connectivity index (χ0) is 18.5. The second-order valence-corrected chi connectivity index (χ2v) is 7.65. The Morgan fingerprint density at radius 3 is 2.31 bits per heavy atom. The van der Waals surface area contributed by atoms with Crippen molar-refractivity contribution < 1.29 is 9.59 Å². The number of nitrogens with zero attached hydrogens (tertiary/aromatic N) is 3. The maximum absolute atomic E-state index is 12.7. The Morgan fingerprint density at radius 2 is 1.65 bits per heavy atom. The molecule has 142 valence electrons. The third-order valence-electron chi connectivity index (χ3n) is 5.76. The average molecular weight is 359 g/mol. The van der Waals surface area contributed by atoms with Crippen LogP contribution in [0.4, 0.5) is 0 Å². The van der Waals surface area contributed by atoms with E-state index in [0.717, 1.165) is 44.7 Å². The summed E-state index contributed by atoms with van der Waals surface area (Å²) in [6, 6.07) is 5.00. The lowest BCUT2D eigenvalue weighted by Gasteiger charge is -2.36. The molecule has 1 aromatic heterocycles. The fourth-order valence-corrected chi connectivity index (χ4v) is 3.88. The van der Waals surface area contributed by atoms with Gasteiger partial charge in [-0.15, -0.1) is 0 Å². The predicted octanol–water partition coefficient (Wildman–Crippen LogP) is 1.74. The molecule has 0 bridgehead atoms. The molecule has 2 aliphatic rings. The first-order valence-corrected chi connectivity index (χ1v) is 9.76. The molecule has 0 atom stereocenters. The highest BCUT2D eigenvalue weighted by Gasteiger charge is 2.31. The van der Waals surface area contributed by atoms with Crippen LogP contribution >= 0.6 is 0 Å². The third kappa shape index (κ3) is 4.54. The summed E-state index contributed by atoms with van der Waals surface area (Å²) >= 11 is 0. The van der Waals surface area contributed by atoms with Crippen LogP contribution in [-0.4, -0.2) is 52.4 Å². The second kappa shape index (κ2) is 8.52. The van der Waals surface area contributed by atoms with E-state index in [9.17, 15) is 14.4 Å². The maximum Gasteiger partial charge on any atom is 0.250 e. The number of likely N-dealkylation sites (tertiary alicyclic amines) is 2. The first kappa shape index (κ1) is 18.7. The molecule has 3 heterocycles. The van der Waals surface area contributed by atoms with E-state index in [1.807, 2.05) is 9.80 Å². The van der Waals surface area contributed by atoms with Crippen LogP contribution in [0.25, 0.3) is 0 Å². The molecule has 1 aromatic rings. The van der Waals surface area contributed by atoms with Gasteiger partial charge in [0.25, 0.3) is 5.56 Å². The van der Waals surface area contributed by atoms with Crippen molar-refractivity contribution >= 4 is 11.8 Å². The maximum atomic E-state index is 12.7. The molecule has 0 unspecified atom stereocenters. The van der Waals surface area contributed by atoms with Gasteiger partial charge in [-0.3, -0.25) is 14.4 Å². The molecule has 0 spiro atoms. The largest absolute Gasteiger partial charge is 0.343 e. The number of amides is 2. The van der Waals surface area contributed by atoms with Crippen molar-refractivity contribution in [2.75, 3.05) is 26.2 Å². The second-order valence-electron chi connectivity index (χ2n) is 7.65. The zero-order valence-electron chi connectivity index (χ0n) is 15.6. The SMILES string of the molecule is CC1CCN(C(=O)C2CCN(C(=O)CCn3ccccc3=O)CC2)CC1. The van der Waals surface area contributed by atoms with Gasteiger partial charge in [-0.2, -0.15) is 0 Å². The molecule has 0 N–H and O–H groups in total. The zero-order valence-corrected chi connectivity index (χ0v) is 15.6. The number of hydrogen-bond acceptors (Lipinski definition) is 3. The molecule has 3 rings (SSSR count). The minimum atomic E-state index is -0.0829. The van der Waals surface area contributed by atoms with Crippen molar-refractivity contribution in [3.8, 4) is 0 Å². The van der Waals surface area contributed by atoms with Crippen LogP contribution < -0.4 is 5.56 Å². The summed E-state index contributed by atoms with van der Waals surface area (Å²) in [5, 5.41) is 0. The minimum absolute atomic E-state index is 0.0594. The standard InChI is InChI=1S/C20H29N3O3/c1-16-5-11-23(12-6-16)20(26)17-7-13-22(14-8-17)19(25)9-15-21-10-3-2-4-18(21)24/h2-4,10,16-17H,5-9,11-15H2,1H3. The van der Waals surface area contributed by atoms with Crippen LogP contribution in [0.2, 0.25) is 0 Å². The summed E-state index contributed by atoms with van der Waals surface area (Å²) in [5.41, 5.74) is -0.0829. The lowest BCUT2D eigenvalue weighted by Crippen LogP contribution is -2.46. The van der Waals surface area contributed by atoms with Gasteiger partial charge >= 0.3 is 0 Å². The van der Waals surface area contributed by atoms with Crippen molar-refractivity contribution in [1.29, 1.82) is 0 Å². The van der Waals surface area contributed by atoms with Crippen LogP contribution in [0.15, 0.2) is 29.2 Å². The Bertz CT molecular complexity index is 684.